The molecule has 0 saturated heterocycles. The Labute approximate surface area is 197 Å². The van der Waals surface area contributed by atoms with E-state index in [4.69, 9.17) is 20.5 Å². The first kappa shape index (κ1) is 22.9. The van der Waals surface area contributed by atoms with Crippen molar-refractivity contribution in [3.05, 3.63) is 88.6 Å². The Kier molecular flexibility index (Phi) is 6.19. The maximum atomic E-state index is 12.8. The maximum Gasteiger partial charge on any atom is 0.340 e. The molecule has 0 radical (unpaired) electrons. The minimum Gasteiger partial charge on any atom is -0.462 e. The molecule has 1 heterocycles. The average Bonchev–Trinajstić information content (AvgIpc) is 3.05. The van der Waals surface area contributed by atoms with Crippen molar-refractivity contribution >= 4 is 38.6 Å². The van der Waals surface area contributed by atoms with Crippen molar-refractivity contribution in [2.45, 2.75) is 25.7 Å². The van der Waals surface area contributed by atoms with E-state index in [9.17, 15) is 13.2 Å². The molecule has 0 aliphatic carbocycles. The number of hydrogen-bond donors (Lipinski definition) is 0. The fourth-order valence-electron chi connectivity index (χ4n) is 3.71. The highest BCUT2D eigenvalue weighted by Crippen LogP contribution is 2.33. The van der Waals surface area contributed by atoms with Gasteiger partial charge in [0.1, 0.15) is 10.6 Å². The van der Waals surface area contributed by atoms with Crippen LogP contribution in [0.2, 0.25) is 5.02 Å². The Balaban J connectivity index is 1.85. The van der Waals surface area contributed by atoms with Crippen LogP contribution in [0.15, 0.2) is 71.6 Å². The molecular formula is C25H22ClNO5S. The molecule has 0 spiro atoms. The summed E-state index contributed by atoms with van der Waals surface area (Å²) in [4.78, 5) is 12.9. The van der Waals surface area contributed by atoms with Crippen LogP contribution < -0.4 is 4.18 Å². The summed E-state index contributed by atoms with van der Waals surface area (Å²) in [6, 6.07) is 18.4. The van der Waals surface area contributed by atoms with E-state index >= 15 is 0 Å². The van der Waals surface area contributed by atoms with E-state index < -0.39 is 16.1 Å². The van der Waals surface area contributed by atoms with Crippen molar-refractivity contribution in [3.63, 3.8) is 0 Å². The Morgan fingerprint density at radius 1 is 0.970 bits per heavy atom. The lowest BCUT2D eigenvalue weighted by Gasteiger charge is -2.10. The smallest absolute Gasteiger partial charge is 0.340 e. The number of hydrogen-bond acceptors (Lipinski definition) is 5. The molecule has 0 saturated carbocycles. The van der Waals surface area contributed by atoms with Gasteiger partial charge in [-0.05, 0) is 75.4 Å². The van der Waals surface area contributed by atoms with Gasteiger partial charge in [0.15, 0.2) is 0 Å². The predicted octanol–water partition coefficient (Wildman–Crippen LogP) is 5.85. The molecule has 4 aromatic rings. The van der Waals surface area contributed by atoms with Gasteiger partial charge in [-0.15, -0.1) is 0 Å². The third-order valence-electron chi connectivity index (χ3n) is 5.26. The third-order valence-corrected chi connectivity index (χ3v) is 6.77. The molecule has 0 N–H and O–H groups in total. The van der Waals surface area contributed by atoms with E-state index in [2.05, 4.69) is 0 Å². The van der Waals surface area contributed by atoms with E-state index in [-0.39, 0.29) is 17.3 Å². The second-order valence-corrected chi connectivity index (χ2v) is 9.50. The van der Waals surface area contributed by atoms with Crippen molar-refractivity contribution in [2.75, 3.05) is 6.61 Å². The van der Waals surface area contributed by atoms with Crippen LogP contribution in [-0.2, 0) is 14.9 Å². The Bertz CT molecular complexity index is 1440. The summed E-state index contributed by atoms with van der Waals surface area (Å²) in [5, 5.41) is 1.12. The molecular weight excluding hydrogens is 462 g/mol. The first-order chi connectivity index (χ1) is 15.7. The number of aryl methyl sites for hydroxylation is 1. The minimum atomic E-state index is -4.04. The van der Waals surface area contributed by atoms with Crippen LogP contribution in [-0.4, -0.2) is 25.6 Å². The second kappa shape index (κ2) is 8.92. The van der Waals surface area contributed by atoms with Crippen molar-refractivity contribution < 1.29 is 22.1 Å². The fourth-order valence-corrected chi connectivity index (χ4v) is 4.76. The van der Waals surface area contributed by atoms with Gasteiger partial charge < -0.3 is 13.5 Å². The molecule has 0 aliphatic heterocycles. The van der Waals surface area contributed by atoms with Gasteiger partial charge in [0.05, 0.1) is 17.7 Å². The number of carbonyl (C=O) groups excluding carboxylic acids is 1. The summed E-state index contributed by atoms with van der Waals surface area (Å²) in [6.07, 6.45) is 0. The summed E-state index contributed by atoms with van der Waals surface area (Å²) < 4.78 is 38.1. The number of rotatable bonds is 6. The molecule has 0 aliphatic rings. The molecule has 170 valence electrons. The number of esters is 1. The van der Waals surface area contributed by atoms with Crippen molar-refractivity contribution in [3.8, 4) is 11.4 Å². The van der Waals surface area contributed by atoms with Gasteiger partial charge in [0.2, 0.25) is 0 Å². The van der Waals surface area contributed by atoms with E-state index in [1.54, 1.807) is 49.4 Å². The number of halogens is 1. The summed E-state index contributed by atoms with van der Waals surface area (Å²) in [7, 11) is -4.04. The summed E-state index contributed by atoms with van der Waals surface area (Å²) in [5.74, 6) is -0.395. The van der Waals surface area contributed by atoms with Crippen molar-refractivity contribution in [1.29, 1.82) is 0 Å². The number of benzene rings is 3. The second-order valence-electron chi connectivity index (χ2n) is 7.52. The van der Waals surface area contributed by atoms with Crippen LogP contribution in [0.4, 0.5) is 0 Å². The van der Waals surface area contributed by atoms with Gasteiger partial charge in [-0.1, -0.05) is 29.3 Å². The van der Waals surface area contributed by atoms with Crippen LogP contribution in [0, 0.1) is 13.8 Å². The highest BCUT2D eigenvalue weighted by Gasteiger charge is 2.24. The molecule has 0 amide bonds. The Hall–Kier alpha value is -3.29. The zero-order valence-corrected chi connectivity index (χ0v) is 19.9. The van der Waals surface area contributed by atoms with Crippen LogP contribution >= 0.6 is 11.6 Å². The zero-order valence-electron chi connectivity index (χ0n) is 18.3. The van der Waals surface area contributed by atoms with Gasteiger partial charge in [-0.25, -0.2) is 4.79 Å². The first-order valence-corrected chi connectivity index (χ1v) is 12.1. The maximum absolute atomic E-state index is 12.8. The van der Waals surface area contributed by atoms with E-state index in [0.717, 1.165) is 11.3 Å². The van der Waals surface area contributed by atoms with Crippen molar-refractivity contribution in [2.24, 2.45) is 0 Å². The minimum absolute atomic E-state index is 0.0497. The predicted molar refractivity (Wildman–Crippen MR) is 128 cm³/mol. The van der Waals surface area contributed by atoms with Gasteiger partial charge >= 0.3 is 16.1 Å². The summed E-state index contributed by atoms with van der Waals surface area (Å²) >= 11 is 6.04. The van der Waals surface area contributed by atoms with Crippen LogP contribution in [0.3, 0.4) is 0 Å². The van der Waals surface area contributed by atoms with E-state index in [1.807, 2.05) is 30.5 Å². The lowest BCUT2D eigenvalue weighted by molar-refractivity contribution is 0.0527. The first-order valence-electron chi connectivity index (χ1n) is 10.3. The lowest BCUT2D eigenvalue weighted by atomic mass is 10.1. The quantitative estimate of drug-likeness (QED) is 0.254. The molecule has 0 fully saturated rings. The molecule has 0 unspecified atom stereocenters. The van der Waals surface area contributed by atoms with Gasteiger partial charge in [0.25, 0.3) is 0 Å². The molecule has 4 rings (SSSR count). The normalized spacial score (nSPS) is 11.5. The molecule has 3 aromatic carbocycles. The number of fused-ring (bicyclic) bond motifs is 1. The van der Waals surface area contributed by atoms with Gasteiger partial charge in [-0.3, -0.25) is 0 Å². The van der Waals surface area contributed by atoms with Crippen LogP contribution in [0.1, 0.15) is 28.5 Å². The molecule has 0 bridgehead atoms. The van der Waals surface area contributed by atoms with Gasteiger partial charge in [-0.2, -0.15) is 8.42 Å². The lowest BCUT2D eigenvalue weighted by Crippen LogP contribution is -2.09. The molecule has 0 atom stereocenters. The Morgan fingerprint density at radius 2 is 1.64 bits per heavy atom. The van der Waals surface area contributed by atoms with Crippen LogP contribution in [0.25, 0.3) is 16.6 Å². The highest BCUT2D eigenvalue weighted by atomic mass is 35.5. The number of ether oxygens (including phenoxy) is 1. The Morgan fingerprint density at radius 3 is 2.27 bits per heavy atom. The van der Waals surface area contributed by atoms with Crippen LogP contribution in [0.5, 0.6) is 5.75 Å². The van der Waals surface area contributed by atoms with Crippen molar-refractivity contribution in [1.82, 2.24) is 4.57 Å². The zero-order chi connectivity index (χ0) is 23.8. The van der Waals surface area contributed by atoms with E-state index in [1.165, 1.54) is 12.1 Å². The van der Waals surface area contributed by atoms with Gasteiger partial charge in [0, 0.05) is 21.8 Å². The summed E-state index contributed by atoms with van der Waals surface area (Å²) in [5.41, 5.74) is 3.45. The highest BCUT2D eigenvalue weighted by molar-refractivity contribution is 7.87. The monoisotopic (exact) mass is 483 g/mol. The number of aromatic nitrogens is 1. The molecule has 8 heteroatoms. The SMILES string of the molecule is CCOC(=O)c1c(C)n(-c2ccc(Cl)cc2)c2ccc(OS(=O)(=O)c3ccc(C)cc3)cc12. The number of nitrogens with zero attached hydrogens (tertiary/aromatic N) is 1. The average molecular weight is 484 g/mol. The molecule has 1 aromatic heterocycles. The standard InChI is InChI=1S/C25H22ClNO5S/c1-4-31-25(28)24-17(3)27(19-9-7-18(26)8-10-19)23-14-11-20(15-22(23)24)32-33(29,30)21-12-5-16(2)6-13-21/h5-15H,4H2,1-3H3. The third kappa shape index (κ3) is 4.47. The van der Waals surface area contributed by atoms with E-state index in [0.29, 0.717) is 27.2 Å². The molecule has 6 nitrogen and oxygen atoms in total. The largest absolute Gasteiger partial charge is 0.462 e. The fraction of sp³-hybridized carbons (Fsp3) is 0.160. The molecule has 33 heavy (non-hydrogen) atoms. The summed E-state index contributed by atoms with van der Waals surface area (Å²) in [6.45, 7) is 5.62. The topological polar surface area (TPSA) is 74.6 Å². The number of carbonyl (C=O) groups is 1.